The number of nitrogens with two attached hydrogens (primary N) is 1. The third-order valence-electron chi connectivity index (χ3n) is 2.91. The first-order valence-electron chi connectivity index (χ1n) is 5.89. The molecule has 0 aliphatic rings. The van der Waals surface area contributed by atoms with Crippen LogP contribution in [-0.2, 0) is 15.3 Å². The van der Waals surface area contributed by atoms with Gasteiger partial charge >= 0.3 is 21.4 Å². The van der Waals surface area contributed by atoms with Gasteiger partial charge in [0.1, 0.15) is 0 Å². The van der Waals surface area contributed by atoms with Crippen LogP contribution in [0.15, 0.2) is 29.2 Å². The third-order valence-corrected chi connectivity index (χ3v) is 7.93. The summed E-state index contributed by atoms with van der Waals surface area (Å²) in [6.07, 6.45) is -5.34. The van der Waals surface area contributed by atoms with Crippen molar-refractivity contribution >= 4 is 27.0 Å². The number of alkyl halides is 3. The molecule has 0 aliphatic heterocycles. The van der Waals surface area contributed by atoms with Crippen LogP contribution < -0.4 is 5.73 Å². The van der Waals surface area contributed by atoms with Crippen LogP contribution in [0.5, 0.6) is 0 Å². The minimum atomic E-state index is -5.35. The second-order valence-electron chi connectivity index (χ2n) is 4.59. The van der Waals surface area contributed by atoms with Gasteiger partial charge in [0.05, 0.1) is 5.56 Å². The Kier molecular flexibility index (Phi) is 6.16. The molecule has 0 aliphatic carbocycles. The van der Waals surface area contributed by atoms with E-state index in [0.717, 1.165) is 30.0 Å². The van der Waals surface area contributed by atoms with Crippen LogP contribution in [0, 0.1) is 0 Å². The average molecular weight is 395 g/mol. The lowest BCUT2D eigenvalue weighted by atomic mass is 10.2. The Bertz CT molecular complexity index is 636. The summed E-state index contributed by atoms with van der Waals surface area (Å²) < 4.78 is 60.2. The molecule has 0 aromatic heterocycles. The van der Waals surface area contributed by atoms with Crippen LogP contribution in [0.3, 0.4) is 0 Å². The van der Waals surface area contributed by atoms with E-state index in [1.54, 1.807) is 0 Å². The lowest BCUT2D eigenvalue weighted by molar-refractivity contribution is -0.137. The molecular formula is C10H14F3NO6P2S. The number of benzene rings is 1. The number of rotatable bonds is 6. The van der Waals surface area contributed by atoms with Crippen LogP contribution in [-0.4, -0.2) is 30.3 Å². The number of hydrogen-bond donors (Lipinski definition) is 5. The van der Waals surface area contributed by atoms with Crippen LogP contribution >= 0.6 is 27.0 Å². The number of hydrogen-bond acceptors (Lipinski definition) is 4. The number of thioether (sulfide) groups is 1. The van der Waals surface area contributed by atoms with Crippen molar-refractivity contribution < 1.29 is 41.9 Å². The smallest absolute Gasteiger partial charge is 0.323 e. The Balaban J connectivity index is 2.87. The lowest BCUT2D eigenvalue weighted by Gasteiger charge is -2.30. The molecule has 0 radical (unpaired) electrons. The molecule has 0 saturated carbocycles. The molecule has 0 saturated heterocycles. The van der Waals surface area contributed by atoms with Crippen LogP contribution in [0.1, 0.15) is 12.0 Å². The van der Waals surface area contributed by atoms with E-state index in [0.29, 0.717) is 0 Å². The first kappa shape index (κ1) is 20.7. The molecule has 13 heteroatoms. The molecule has 0 amide bonds. The summed E-state index contributed by atoms with van der Waals surface area (Å²) in [6.45, 7) is 0. The molecule has 1 rings (SSSR count). The monoisotopic (exact) mass is 395 g/mol. The van der Waals surface area contributed by atoms with E-state index < -0.39 is 38.4 Å². The van der Waals surface area contributed by atoms with Gasteiger partial charge in [0.15, 0.2) is 0 Å². The van der Waals surface area contributed by atoms with Gasteiger partial charge in [0.2, 0.25) is 5.02 Å². The molecule has 23 heavy (non-hydrogen) atoms. The molecule has 0 heterocycles. The van der Waals surface area contributed by atoms with Gasteiger partial charge in [0.25, 0.3) is 0 Å². The van der Waals surface area contributed by atoms with Gasteiger partial charge in [-0.1, -0.05) is 6.07 Å². The second-order valence-corrected chi connectivity index (χ2v) is 9.88. The van der Waals surface area contributed by atoms with Gasteiger partial charge in [-0.25, -0.2) is 0 Å². The maximum atomic E-state index is 12.6. The Hall–Kier alpha value is -0.380. The van der Waals surface area contributed by atoms with Gasteiger partial charge < -0.3 is 25.3 Å². The summed E-state index contributed by atoms with van der Waals surface area (Å²) >= 11 is 0.743. The minimum absolute atomic E-state index is 0.124. The van der Waals surface area contributed by atoms with E-state index >= 15 is 0 Å². The first-order valence-corrected chi connectivity index (χ1v) is 10.1. The van der Waals surface area contributed by atoms with Crippen molar-refractivity contribution in [3.05, 3.63) is 29.8 Å². The zero-order valence-corrected chi connectivity index (χ0v) is 13.9. The van der Waals surface area contributed by atoms with Crippen molar-refractivity contribution in [2.75, 3.05) is 5.75 Å². The highest BCUT2D eigenvalue weighted by atomic mass is 32.2. The Morgan fingerprint density at radius 1 is 1.09 bits per heavy atom. The fraction of sp³-hybridized carbons (Fsp3) is 0.400. The predicted octanol–water partition coefficient (Wildman–Crippen LogP) is 2.16. The van der Waals surface area contributed by atoms with Gasteiger partial charge in [-0.3, -0.25) is 9.13 Å². The quantitative estimate of drug-likeness (QED) is 0.365. The molecule has 0 unspecified atom stereocenters. The van der Waals surface area contributed by atoms with Gasteiger partial charge in [0, 0.05) is 10.6 Å². The molecule has 0 atom stereocenters. The zero-order chi connectivity index (χ0) is 18.1. The Morgan fingerprint density at radius 3 is 2.04 bits per heavy atom. The van der Waals surface area contributed by atoms with E-state index in [-0.39, 0.29) is 10.6 Å². The fourth-order valence-corrected chi connectivity index (χ4v) is 5.05. The Labute approximate surface area is 133 Å². The summed E-state index contributed by atoms with van der Waals surface area (Å²) in [7, 11) is -10.7. The summed E-state index contributed by atoms with van der Waals surface area (Å²) in [4.78, 5) is 36.3. The topological polar surface area (TPSA) is 141 Å². The first-order chi connectivity index (χ1) is 10.2. The van der Waals surface area contributed by atoms with Gasteiger partial charge in [-0.2, -0.15) is 13.2 Å². The summed E-state index contributed by atoms with van der Waals surface area (Å²) in [6, 6.07) is 4.14. The third kappa shape index (κ3) is 5.04. The molecule has 132 valence electrons. The maximum Gasteiger partial charge on any atom is 0.416 e. The van der Waals surface area contributed by atoms with Gasteiger partial charge in [-0.05, 0) is 24.6 Å². The summed E-state index contributed by atoms with van der Waals surface area (Å²) in [5.41, 5.74) is 4.29. The summed E-state index contributed by atoms with van der Waals surface area (Å²) in [5, 5.41) is -3.07. The van der Waals surface area contributed by atoms with Crippen molar-refractivity contribution in [3.63, 3.8) is 0 Å². The molecule has 1 aromatic carbocycles. The molecule has 6 N–H and O–H groups in total. The number of halogens is 3. The van der Waals surface area contributed by atoms with Gasteiger partial charge in [-0.15, -0.1) is 11.8 Å². The van der Waals surface area contributed by atoms with Crippen molar-refractivity contribution in [3.8, 4) is 0 Å². The maximum absolute atomic E-state index is 12.6. The second kappa shape index (κ2) is 6.85. The molecular weight excluding hydrogens is 381 g/mol. The van der Waals surface area contributed by atoms with E-state index in [9.17, 15) is 22.3 Å². The Morgan fingerprint density at radius 2 is 1.61 bits per heavy atom. The highest BCUT2D eigenvalue weighted by Crippen LogP contribution is 2.67. The van der Waals surface area contributed by atoms with E-state index in [1.165, 1.54) is 6.07 Å². The van der Waals surface area contributed by atoms with Crippen molar-refractivity contribution in [1.29, 1.82) is 0 Å². The van der Waals surface area contributed by atoms with Crippen LogP contribution in [0.4, 0.5) is 13.2 Å². The predicted molar refractivity (Wildman–Crippen MR) is 77.8 cm³/mol. The fourth-order valence-electron chi connectivity index (χ4n) is 1.54. The molecule has 1 aromatic rings. The molecule has 0 spiro atoms. The molecule has 0 fully saturated rings. The van der Waals surface area contributed by atoms with E-state index in [1.807, 2.05) is 0 Å². The van der Waals surface area contributed by atoms with Crippen LogP contribution in [0.2, 0.25) is 0 Å². The zero-order valence-electron chi connectivity index (χ0n) is 11.3. The van der Waals surface area contributed by atoms with Crippen molar-refractivity contribution in [2.45, 2.75) is 22.5 Å². The minimum Gasteiger partial charge on any atom is -0.323 e. The highest BCUT2D eigenvalue weighted by Gasteiger charge is 2.56. The summed E-state index contributed by atoms with van der Waals surface area (Å²) in [5.74, 6) is -0.298. The van der Waals surface area contributed by atoms with Crippen molar-refractivity contribution in [1.82, 2.24) is 0 Å². The van der Waals surface area contributed by atoms with Crippen molar-refractivity contribution in [2.24, 2.45) is 5.73 Å². The lowest BCUT2D eigenvalue weighted by Crippen LogP contribution is -2.39. The molecule has 0 bridgehead atoms. The average Bonchev–Trinajstić information content (AvgIpc) is 2.35. The largest absolute Gasteiger partial charge is 0.416 e. The van der Waals surface area contributed by atoms with Crippen LogP contribution in [0.25, 0.3) is 0 Å². The molecule has 7 nitrogen and oxygen atoms in total. The highest BCUT2D eigenvalue weighted by molar-refractivity contribution is 7.99. The normalized spacial score (nSPS) is 14.1. The SMILES string of the molecule is NC(CCSc1cccc(C(F)(F)F)c1)(P(=O)(O)O)P(=O)(O)O. The standard InChI is InChI=1S/C10H14F3NO6P2S/c11-10(12,13)7-2-1-3-8(6-7)23-5-4-9(14,21(15,16)17)22(18,19)20/h1-3,6H,4-5,14H2,(H2,15,16,17)(H2,18,19,20). The van der Waals surface area contributed by atoms with E-state index in [4.69, 9.17) is 25.3 Å². The van der Waals surface area contributed by atoms with E-state index in [2.05, 4.69) is 0 Å².